The summed E-state index contributed by atoms with van der Waals surface area (Å²) < 4.78 is 0. The van der Waals surface area contributed by atoms with Crippen LogP contribution in [0.3, 0.4) is 0 Å². The number of amides is 1. The van der Waals surface area contributed by atoms with Crippen LogP contribution in [0.25, 0.3) is 0 Å². The van der Waals surface area contributed by atoms with Crippen LogP contribution in [0.1, 0.15) is 49.0 Å². The standard InChI is InChI=1S/C16H22N2OS/c1-10-5-3-8-14(11(10)2)18-16(19)13-7-4-6-12(9-13)15(17)20/h4,6-7,9-11,14H,3,5,8H2,1-2H3,(H2,17,20)(H,18,19). The zero-order valence-electron chi connectivity index (χ0n) is 12.1. The summed E-state index contributed by atoms with van der Waals surface area (Å²) in [6, 6.07) is 7.46. The molecule has 4 heteroatoms. The van der Waals surface area contributed by atoms with Crippen molar-refractivity contribution in [3.63, 3.8) is 0 Å². The van der Waals surface area contributed by atoms with Gasteiger partial charge in [-0.2, -0.15) is 0 Å². The van der Waals surface area contributed by atoms with Gasteiger partial charge < -0.3 is 11.1 Å². The molecule has 0 radical (unpaired) electrons. The van der Waals surface area contributed by atoms with Gasteiger partial charge in [0.15, 0.2) is 0 Å². The molecule has 3 unspecified atom stereocenters. The highest BCUT2D eigenvalue weighted by molar-refractivity contribution is 7.80. The molecular formula is C16H22N2OS. The Kier molecular flexibility index (Phi) is 4.76. The third kappa shape index (κ3) is 3.37. The van der Waals surface area contributed by atoms with Crippen LogP contribution in [0.4, 0.5) is 0 Å². The number of benzene rings is 1. The van der Waals surface area contributed by atoms with Crippen molar-refractivity contribution in [2.24, 2.45) is 17.6 Å². The molecule has 0 aromatic heterocycles. The summed E-state index contributed by atoms with van der Waals surface area (Å²) in [5.41, 5.74) is 6.97. The van der Waals surface area contributed by atoms with Crippen LogP contribution in [0.2, 0.25) is 0 Å². The highest BCUT2D eigenvalue weighted by atomic mass is 32.1. The SMILES string of the molecule is CC1CCCC(NC(=O)c2cccc(C(N)=S)c2)C1C. The van der Waals surface area contributed by atoms with Crippen molar-refractivity contribution in [2.45, 2.75) is 39.2 Å². The third-order valence-corrected chi connectivity index (χ3v) is 4.67. The predicted molar refractivity (Wildman–Crippen MR) is 85.8 cm³/mol. The molecule has 1 aliphatic rings. The van der Waals surface area contributed by atoms with E-state index in [0.29, 0.717) is 22.4 Å². The van der Waals surface area contributed by atoms with E-state index in [-0.39, 0.29) is 11.9 Å². The maximum Gasteiger partial charge on any atom is 0.251 e. The lowest BCUT2D eigenvalue weighted by atomic mass is 9.78. The molecule has 0 bridgehead atoms. The average Bonchev–Trinajstić information content (AvgIpc) is 2.44. The van der Waals surface area contributed by atoms with Crippen molar-refractivity contribution in [2.75, 3.05) is 0 Å². The van der Waals surface area contributed by atoms with Crippen LogP contribution in [0, 0.1) is 11.8 Å². The molecule has 1 aliphatic carbocycles. The van der Waals surface area contributed by atoms with Crippen LogP contribution in [0.15, 0.2) is 24.3 Å². The summed E-state index contributed by atoms with van der Waals surface area (Å²) in [5.74, 6) is 1.15. The molecule has 108 valence electrons. The van der Waals surface area contributed by atoms with Crippen molar-refractivity contribution in [1.82, 2.24) is 5.32 Å². The smallest absolute Gasteiger partial charge is 0.251 e. The lowest BCUT2D eigenvalue weighted by Crippen LogP contribution is -2.43. The fourth-order valence-corrected chi connectivity index (χ4v) is 2.98. The quantitative estimate of drug-likeness (QED) is 0.842. The minimum absolute atomic E-state index is 0.0333. The Hall–Kier alpha value is -1.42. The lowest BCUT2D eigenvalue weighted by Gasteiger charge is -2.34. The van der Waals surface area contributed by atoms with Gasteiger partial charge in [0.2, 0.25) is 0 Å². The second-order valence-electron chi connectivity index (χ2n) is 5.79. The number of nitrogens with two attached hydrogens (primary N) is 1. The molecular weight excluding hydrogens is 268 g/mol. The number of nitrogens with one attached hydrogen (secondary N) is 1. The highest BCUT2D eigenvalue weighted by Gasteiger charge is 2.28. The summed E-state index contributed by atoms with van der Waals surface area (Å²) in [6.45, 7) is 4.48. The maximum absolute atomic E-state index is 12.3. The predicted octanol–water partition coefficient (Wildman–Crippen LogP) is 2.88. The van der Waals surface area contributed by atoms with Crippen molar-refractivity contribution in [1.29, 1.82) is 0 Å². The van der Waals surface area contributed by atoms with E-state index in [1.54, 1.807) is 12.1 Å². The summed E-state index contributed by atoms with van der Waals surface area (Å²) in [5, 5.41) is 3.16. The molecule has 3 atom stereocenters. The van der Waals surface area contributed by atoms with Crippen molar-refractivity contribution in [3.05, 3.63) is 35.4 Å². The van der Waals surface area contributed by atoms with Crippen LogP contribution >= 0.6 is 12.2 Å². The topological polar surface area (TPSA) is 55.1 Å². The summed E-state index contributed by atoms with van der Waals surface area (Å²) in [4.78, 5) is 12.7. The Morgan fingerprint density at radius 1 is 1.30 bits per heavy atom. The van der Waals surface area contributed by atoms with Crippen LogP contribution in [-0.4, -0.2) is 16.9 Å². The Morgan fingerprint density at radius 2 is 2.00 bits per heavy atom. The maximum atomic E-state index is 12.3. The molecule has 3 N–H and O–H groups in total. The van der Waals surface area contributed by atoms with Crippen LogP contribution in [-0.2, 0) is 0 Å². The Morgan fingerprint density at radius 3 is 2.70 bits per heavy atom. The molecule has 0 saturated heterocycles. The Bertz CT molecular complexity index is 515. The van der Waals surface area contributed by atoms with Gasteiger partial charge in [-0.3, -0.25) is 4.79 Å². The molecule has 1 amide bonds. The van der Waals surface area contributed by atoms with Crippen molar-refractivity contribution in [3.8, 4) is 0 Å². The van der Waals surface area contributed by atoms with Gasteiger partial charge in [0, 0.05) is 17.2 Å². The molecule has 20 heavy (non-hydrogen) atoms. The molecule has 1 aromatic rings. The second kappa shape index (κ2) is 6.35. The number of carbonyl (C=O) groups excluding carboxylic acids is 1. The fraction of sp³-hybridized carbons (Fsp3) is 0.500. The molecule has 3 nitrogen and oxygen atoms in total. The van der Waals surface area contributed by atoms with E-state index in [2.05, 4.69) is 19.2 Å². The monoisotopic (exact) mass is 290 g/mol. The first kappa shape index (κ1) is 15.0. The zero-order chi connectivity index (χ0) is 14.7. The molecule has 1 fully saturated rings. The average molecular weight is 290 g/mol. The minimum atomic E-state index is -0.0333. The molecule has 2 rings (SSSR count). The largest absolute Gasteiger partial charge is 0.389 e. The van der Waals surface area contributed by atoms with Gasteiger partial charge in [0.1, 0.15) is 4.99 Å². The van der Waals surface area contributed by atoms with E-state index in [1.807, 2.05) is 12.1 Å². The first-order valence-electron chi connectivity index (χ1n) is 7.19. The number of thiocarbonyl (C=S) groups is 1. The first-order chi connectivity index (χ1) is 9.49. The fourth-order valence-electron chi connectivity index (χ4n) is 2.85. The number of carbonyl (C=O) groups is 1. The molecule has 1 saturated carbocycles. The van der Waals surface area contributed by atoms with Gasteiger partial charge in [-0.1, -0.05) is 51.0 Å². The Balaban J connectivity index is 2.08. The van der Waals surface area contributed by atoms with Gasteiger partial charge in [-0.25, -0.2) is 0 Å². The third-order valence-electron chi connectivity index (χ3n) is 4.43. The van der Waals surface area contributed by atoms with Gasteiger partial charge in [-0.15, -0.1) is 0 Å². The van der Waals surface area contributed by atoms with Gasteiger partial charge >= 0.3 is 0 Å². The first-order valence-corrected chi connectivity index (χ1v) is 7.60. The second-order valence-corrected chi connectivity index (χ2v) is 6.23. The summed E-state index contributed by atoms with van der Waals surface area (Å²) in [6.07, 6.45) is 3.50. The highest BCUT2D eigenvalue weighted by Crippen LogP contribution is 2.29. The van der Waals surface area contributed by atoms with E-state index in [1.165, 1.54) is 12.8 Å². The van der Waals surface area contributed by atoms with E-state index in [4.69, 9.17) is 18.0 Å². The molecule has 0 spiro atoms. The van der Waals surface area contributed by atoms with E-state index >= 15 is 0 Å². The summed E-state index contributed by atoms with van der Waals surface area (Å²) >= 11 is 4.95. The molecule has 0 heterocycles. The number of rotatable bonds is 3. The molecule has 0 aliphatic heterocycles. The van der Waals surface area contributed by atoms with Gasteiger partial charge in [-0.05, 0) is 30.4 Å². The lowest BCUT2D eigenvalue weighted by molar-refractivity contribution is 0.0891. The van der Waals surface area contributed by atoms with E-state index in [0.717, 1.165) is 12.0 Å². The normalized spacial score (nSPS) is 26.0. The van der Waals surface area contributed by atoms with E-state index in [9.17, 15) is 4.79 Å². The number of hydrogen-bond donors (Lipinski definition) is 2. The van der Waals surface area contributed by atoms with E-state index < -0.39 is 0 Å². The van der Waals surface area contributed by atoms with Gasteiger partial charge in [0.25, 0.3) is 5.91 Å². The molecule has 1 aromatic carbocycles. The number of hydrogen-bond acceptors (Lipinski definition) is 2. The van der Waals surface area contributed by atoms with Crippen molar-refractivity contribution >= 4 is 23.1 Å². The van der Waals surface area contributed by atoms with Crippen LogP contribution in [0.5, 0.6) is 0 Å². The summed E-state index contributed by atoms with van der Waals surface area (Å²) in [7, 11) is 0. The van der Waals surface area contributed by atoms with Crippen molar-refractivity contribution < 1.29 is 4.79 Å². The minimum Gasteiger partial charge on any atom is -0.389 e. The Labute approximate surface area is 125 Å². The van der Waals surface area contributed by atoms with Crippen LogP contribution < -0.4 is 11.1 Å². The van der Waals surface area contributed by atoms with Gasteiger partial charge in [0.05, 0.1) is 0 Å². The zero-order valence-corrected chi connectivity index (χ0v) is 12.9.